The molecule has 116 valence electrons. The number of halogens is 3. The Hall–Kier alpha value is -1.01. The Bertz CT molecular complexity index is 538. The van der Waals surface area contributed by atoms with Crippen LogP contribution in [0.1, 0.15) is 6.92 Å². The Kier molecular flexibility index (Phi) is 7.25. The van der Waals surface area contributed by atoms with Crippen LogP contribution in [0, 0.1) is 0 Å². The van der Waals surface area contributed by atoms with E-state index < -0.39 is 0 Å². The highest BCUT2D eigenvalue weighted by Gasteiger charge is 2.13. The molecule has 0 aliphatic rings. The third-order valence-electron chi connectivity index (χ3n) is 2.40. The van der Waals surface area contributed by atoms with Crippen molar-refractivity contribution in [1.82, 2.24) is 4.90 Å². The van der Waals surface area contributed by atoms with Crippen molar-refractivity contribution in [2.45, 2.75) is 6.92 Å². The van der Waals surface area contributed by atoms with E-state index in [1.807, 2.05) is 0 Å². The second-order valence-electron chi connectivity index (χ2n) is 4.27. The maximum absolute atomic E-state index is 11.9. The van der Waals surface area contributed by atoms with Crippen LogP contribution in [0.3, 0.4) is 0 Å². The lowest BCUT2D eigenvalue weighted by Gasteiger charge is -2.15. The molecule has 1 amide bonds. The molecule has 0 radical (unpaired) electrons. The van der Waals surface area contributed by atoms with Crippen LogP contribution >= 0.6 is 34.8 Å². The van der Waals surface area contributed by atoms with Gasteiger partial charge in [-0.1, -0.05) is 34.8 Å². The molecule has 0 aromatic heterocycles. The molecule has 0 bridgehead atoms. The number of anilines is 1. The fourth-order valence-corrected chi connectivity index (χ4v) is 2.13. The summed E-state index contributed by atoms with van der Waals surface area (Å²) in [6.45, 7) is 2.06. The summed E-state index contributed by atoms with van der Waals surface area (Å²) in [4.78, 5) is 24.7. The maximum Gasteiger partial charge on any atom is 0.320 e. The van der Waals surface area contributed by atoms with Gasteiger partial charge in [0.15, 0.2) is 0 Å². The van der Waals surface area contributed by atoms with Crippen LogP contribution in [0.4, 0.5) is 5.69 Å². The highest BCUT2D eigenvalue weighted by molar-refractivity contribution is 6.44. The molecule has 1 N–H and O–H groups in total. The quantitative estimate of drug-likeness (QED) is 0.631. The fraction of sp³-hybridized carbons (Fsp3) is 0.385. The Morgan fingerprint density at radius 3 is 2.38 bits per heavy atom. The first-order valence-corrected chi connectivity index (χ1v) is 7.25. The Balaban J connectivity index is 2.58. The summed E-state index contributed by atoms with van der Waals surface area (Å²) in [5.41, 5.74) is 0.362. The fourth-order valence-electron chi connectivity index (χ4n) is 1.54. The van der Waals surface area contributed by atoms with Crippen molar-refractivity contribution in [2.75, 3.05) is 32.1 Å². The van der Waals surface area contributed by atoms with Crippen LogP contribution in [-0.4, -0.2) is 43.5 Å². The molecular weight excluding hydrogens is 339 g/mol. The average Bonchev–Trinajstić information content (AvgIpc) is 2.35. The minimum atomic E-state index is -0.389. The highest BCUT2D eigenvalue weighted by Crippen LogP contribution is 2.32. The lowest BCUT2D eigenvalue weighted by molar-refractivity contribution is -0.144. The summed E-state index contributed by atoms with van der Waals surface area (Å²) < 4.78 is 4.79. The predicted octanol–water partition coefficient (Wildman–Crippen LogP) is 3.08. The summed E-state index contributed by atoms with van der Waals surface area (Å²) >= 11 is 17.6. The van der Waals surface area contributed by atoms with E-state index in [9.17, 15) is 9.59 Å². The summed E-state index contributed by atoms with van der Waals surface area (Å²) in [7, 11) is 1.63. The molecular formula is C13H15Cl3N2O3. The lowest BCUT2D eigenvalue weighted by Crippen LogP contribution is -2.34. The van der Waals surface area contributed by atoms with Gasteiger partial charge in [-0.3, -0.25) is 14.5 Å². The molecule has 0 unspecified atom stereocenters. The minimum absolute atomic E-state index is 0.00931. The number of amides is 1. The van der Waals surface area contributed by atoms with Crippen LogP contribution < -0.4 is 5.32 Å². The lowest BCUT2D eigenvalue weighted by atomic mass is 10.3. The van der Waals surface area contributed by atoms with Crippen molar-refractivity contribution in [3.05, 3.63) is 27.2 Å². The number of carbonyl (C=O) groups excluding carboxylic acids is 2. The van der Waals surface area contributed by atoms with Crippen molar-refractivity contribution in [1.29, 1.82) is 0 Å². The molecule has 1 aromatic carbocycles. The van der Waals surface area contributed by atoms with Crippen molar-refractivity contribution >= 4 is 52.4 Å². The largest absolute Gasteiger partial charge is 0.465 e. The summed E-state index contributed by atoms with van der Waals surface area (Å²) in [5, 5.41) is 3.48. The first-order chi connectivity index (χ1) is 9.83. The van der Waals surface area contributed by atoms with Gasteiger partial charge in [0, 0.05) is 0 Å². The Labute approximate surface area is 138 Å². The van der Waals surface area contributed by atoms with Crippen molar-refractivity contribution in [3.8, 4) is 0 Å². The van der Waals surface area contributed by atoms with Gasteiger partial charge in [0.05, 0.1) is 40.5 Å². The number of hydrogen-bond donors (Lipinski definition) is 1. The van der Waals surface area contributed by atoms with Crippen molar-refractivity contribution in [2.24, 2.45) is 0 Å². The standard InChI is InChI=1S/C13H15Cl3N2O3/c1-3-21-13(20)7-18(2)6-12(19)17-11-5-9(15)8(14)4-10(11)16/h4-5H,3,6-7H2,1-2H3,(H,17,19). The monoisotopic (exact) mass is 352 g/mol. The molecule has 0 fully saturated rings. The van der Waals surface area contributed by atoms with E-state index in [2.05, 4.69) is 5.32 Å². The van der Waals surface area contributed by atoms with Gasteiger partial charge in [-0.2, -0.15) is 0 Å². The molecule has 1 rings (SSSR count). The molecule has 0 saturated heterocycles. The average molecular weight is 354 g/mol. The molecule has 8 heteroatoms. The van der Waals surface area contributed by atoms with E-state index in [0.717, 1.165) is 0 Å². The third-order valence-corrected chi connectivity index (χ3v) is 3.44. The molecule has 5 nitrogen and oxygen atoms in total. The van der Waals surface area contributed by atoms with Crippen LogP contribution in [0.15, 0.2) is 12.1 Å². The summed E-state index contributed by atoms with van der Waals surface area (Å²) in [6, 6.07) is 2.92. The van der Waals surface area contributed by atoms with Crippen LogP contribution in [0.5, 0.6) is 0 Å². The van der Waals surface area contributed by atoms with E-state index in [1.54, 1.807) is 14.0 Å². The molecule has 0 atom stereocenters. The second kappa shape index (κ2) is 8.44. The van der Waals surface area contributed by atoms with Gasteiger partial charge >= 0.3 is 5.97 Å². The van der Waals surface area contributed by atoms with E-state index in [1.165, 1.54) is 17.0 Å². The van der Waals surface area contributed by atoms with E-state index in [4.69, 9.17) is 39.5 Å². The molecule has 0 saturated carbocycles. The third kappa shape index (κ3) is 6.09. The van der Waals surface area contributed by atoms with Gasteiger partial charge in [-0.05, 0) is 26.1 Å². The number of ether oxygens (including phenoxy) is 1. The maximum atomic E-state index is 11.9. The number of esters is 1. The molecule has 21 heavy (non-hydrogen) atoms. The number of benzene rings is 1. The van der Waals surface area contributed by atoms with E-state index >= 15 is 0 Å². The highest BCUT2D eigenvalue weighted by atomic mass is 35.5. The van der Waals surface area contributed by atoms with Crippen molar-refractivity contribution in [3.63, 3.8) is 0 Å². The molecule has 0 aliphatic carbocycles. The number of hydrogen-bond acceptors (Lipinski definition) is 4. The van der Waals surface area contributed by atoms with E-state index in [0.29, 0.717) is 17.3 Å². The molecule has 0 aliphatic heterocycles. The zero-order chi connectivity index (χ0) is 16.0. The Morgan fingerprint density at radius 2 is 1.76 bits per heavy atom. The second-order valence-corrected chi connectivity index (χ2v) is 5.49. The number of nitrogens with one attached hydrogen (secondary N) is 1. The van der Waals surface area contributed by atoms with Crippen LogP contribution in [0.25, 0.3) is 0 Å². The zero-order valence-corrected chi connectivity index (χ0v) is 13.8. The number of carbonyl (C=O) groups is 2. The van der Waals surface area contributed by atoms with Gasteiger partial charge in [0.25, 0.3) is 0 Å². The summed E-state index contributed by atoms with van der Waals surface area (Å²) in [5.74, 6) is -0.720. The normalized spacial score (nSPS) is 10.6. The molecule has 1 aromatic rings. The zero-order valence-electron chi connectivity index (χ0n) is 11.6. The van der Waals surface area contributed by atoms with Gasteiger partial charge in [-0.25, -0.2) is 0 Å². The Morgan fingerprint density at radius 1 is 1.14 bits per heavy atom. The molecule has 0 heterocycles. The summed E-state index contributed by atoms with van der Waals surface area (Å²) in [6.07, 6.45) is 0. The van der Waals surface area contributed by atoms with Crippen LogP contribution in [0.2, 0.25) is 15.1 Å². The number of likely N-dealkylation sites (N-methyl/N-ethyl adjacent to an activating group) is 1. The number of rotatable bonds is 6. The van der Waals surface area contributed by atoms with Gasteiger partial charge in [0.1, 0.15) is 0 Å². The van der Waals surface area contributed by atoms with Crippen LogP contribution in [-0.2, 0) is 14.3 Å². The topological polar surface area (TPSA) is 58.6 Å². The van der Waals surface area contributed by atoms with E-state index in [-0.39, 0.29) is 35.0 Å². The van der Waals surface area contributed by atoms with Crippen molar-refractivity contribution < 1.29 is 14.3 Å². The first kappa shape index (κ1) is 18.0. The predicted molar refractivity (Wildman–Crippen MR) is 84.2 cm³/mol. The van der Waals surface area contributed by atoms with Gasteiger partial charge in [0.2, 0.25) is 5.91 Å². The first-order valence-electron chi connectivity index (χ1n) is 6.12. The molecule has 0 spiro atoms. The smallest absolute Gasteiger partial charge is 0.320 e. The van der Waals surface area contributed by atoms with Gasteiger partial charge in [-0.15, -0.1) is 0 Å². The van der Waals surface area contributed by atoms with Gasteiger partial charge < -0.3 is 10.1 Å². The SMILES string of the molecule is CCOC(=O)CN(C)CC(=O)Nc1cc(Cl)c(Cl)cc1Cl. The minimum Gasteiger partial charge on any atom is -0.465 e. The number of nitrogens with zero attached hydrogens (tertiary/aromatic N) is 1.